The largest absolute Gasteiger partial charge is 0.482 e. The first-order valence-electron chi connectivity index (χ1n) is 5.29. The number of amides is 1. The molecule has 1 aliphatic heterocycles. The van der Waals surface area contributed by atoms with Crippen LogP contribution in [0, 0.1) is 0 Å². The van der Waals surface area contributed by atoms with Gasteiger partial charge in [-0.2, -0.15) is 0 Å². The van der Waals surface area contributed by atoms with Crippen LogP contribution in [0.3, 0.4) is 0 Å². The number of rotatable bonds is 4. The molecule has 1 aliphatic rings. The van der Waals surface area contributed by atoms with Crippen LogP contribution in [0.1, 0.15) is 0 Å². The van der Waals surface area contributed by atoms with Crippen LogP contribution in [0.2, 0.25) is 0 Å². The molecule has 2 rings (SSSR count). The van der Waals surface area contributed by atoms with E-state index in [1.807, 2.05) is 0 Å². The molecule has 0 saturated carbocycles. The minimum Gasteiger partial charge on any atom is -0.482 e. The Kier molecular flexibility index (Phi) is 3.34. The summed E-state index contributed by atoms with van der Waals surface area (Å²) in [6.07, 6.45) is 0. The Morgan fingerprint density at radius 2 is 2.41 bits per heavy atom. The van der Waals surface area contributed by atoms with Gasteiger partial charge in [-0.15, -0.1) is 0 Å². The third-order valence-corrected chi connectivity index (χ3v) is 2.41. The van der Waals surface area contributed by atoms with Crippen LogP contribution in [0.5, 0.6) is 5.75 Å². The third kappa shape index (κ3) is 2.59. The Morgan fingerprint density at radius 1 is 1.59 bits per heavy atom. The molecule has 0 atom stereocenters. The zero-order valence-electron chi connectivity index (χ0n) is 9.58. The van der Waals surface area contributed by atoms with E-state index in [4.69, 9.17) is 15.2 Å². The van der Waals surface area contributed by atoms with E-state index < -0.39 is 0 Å². The Balaban J connectivity index is 2.17. The molecule has 0 aliphatic carbocycles. The summed E-state index contributed by atoms with van der Waals surface area (Å²) >= 11 is 0. The molecule has 0 radical (unpaired) electrons. The monoisotopic (exact) mass is 237 g/mol. The molecule has 6 nitrogen and oxygen atoms in total. The molecule has 92 valence electrons. The number of carbonyl (C=O) groups is 1. The number of carbonyl (C=O) groups excluding carboxylic acids is 1. The van der Waals surface area contributed by atoms with Crippen molar-refractivity contribution in [2.45, 2.75) is 0 Å². The number of hydrogen-bond donors (Lipinski definition) is 3. The Bertz CT molecular complexity index is 434. The number of anilines is 3. The molecule has 1 heterocycles. The summed E-state index contributed by atoms with van der Waals surface area (Å²) in [4.78, 5) is 11.2. The first-order valence-corrected chi connectivity index (χ1v) is 5.29. The lowest BCUT2D eigenvalue weighted by atomic mass is 10.2. The number of nitrogens with two attached hydrogens (primary N) is 1. The van der Waals surface area contributed by atoms with E-state index in [9.17, 15) is 4.79 Å². The summed E-state index contributed by atoms with van der Waals surface area (Å²) in [7, 11) is 1.63. The summed E-state index contributed by atoms with van der Waals surface area (Å²) in [5, 5.41) is 5.85. The van der Waals surface area contributed by atoms with Gasteiger partial charge in [0.25, 0.3) is 5.91 Å². The average molecular weight is 237 g/mol. The second-order valence-corrected chi connectivity index (χ2v) is 3.69. The van der Waals surface area contributed by atoms with E-state index in [1.54, 1.807) is 19.2 Å². The molecule has 6 heteroatoms. The van der Waals surface area contributed by atoms with Crippen molar-refractivity contribution in [2.75, 3.05) is 43.2 Å². The number of ether oxygens (including phenoxy) is 2. The van der Waals surface area contributed by atoms with Gasteiger partial charge in [0.15, 0.2) is 6.61 Å². The highest BCUT2D eigenvalue weighted by molar-refractivity contribution is 5.97. The van der Waals surface area contributed by atoms with Crippen molar-refractivity contribution in [3.8, 4) is 5.75 Å². The van der Waals surface area contributed by atoms with Gasteiger partial charge in [0.05, 0.1) is 23.7 Å². The van der Waals surface area contributed by atoms with Gasteiger partial charge >= 0.3 is 0 Å². The first kappa shape index (κ1) is 11.5. The lowest BCUT2D eigenvalue weighted by Crippen LogP contribution is -2.25. The summed E-state index contributed by atoms with van der Waals surface area (Å²) in [5.74, 6) is 0.435. The maximum Gasteiger partial charge on any atom is 0.262 e. The molecule has 0 unspecified atom stereocenters. The highest BCUT2D eigenvalue weighted by atomic mass is 16.5. The fourth-order valence-corrected chi connectivity index (χ4v) is 1.58. The number of nitrogen functional groups attached to an aromatic ring is 1. The van der Waals surface area contributed by atoms with Crippen LogP contribution < -0.4 is 21.1 Å². The van der Waals surface area contributed by atoms with Gasteiger partial charge in [-0.05, 0) is 6.07 Å². The molecule has 1 aromatic rings. The van der Waals surface area contributed by atoms with E-state index in [2.05, 4.69) is 10.6 Å². The quantitative estimate of drug-likeness (QED) is 0.529. The number of benzene rings is 1. The van der Waals surface area contributed by atoms with Crippen molar-refractivity contribution < 1.29 is 14.3 Å². The Hall–Kier alpha value is -1.95. The molecule has 1 aromatic carbocycles. The van der Waals surface area contributed by atoms with Crippen molar-refractivity contribution in [3.63, 3.8) is 0 Å². The number of methoxy groups -OCH3 is 1. The summed E-state index contributed by atoms with van der Waals surface area (Å²) in [5.41, 5.74) is 7.84. The molecule has 1 amide bonds. The predicted molar refractivity (Wildman–Crippen MR) is 65.3 cm³/mol. The van der Waals surface area contributed by atoms with Gasteiger partial charge in [0.1, 0.15) is 5.75 Å². The molecule has 17 heavy (non-hydrogen) atoms. The number of fused-ring (bicyclic) bond motifs is 1. The summed E-state index contributed by atoms with van der Waals surface area (Å²) in [6.45, 7) is 1.26. The minimum absolute atomic E-state index is 0.0306. The minimum atomic E-state index is -0.162. The van der Waals surface area contributed by atoms with Gasteiger partial charge in [-0.3, -0.25) is 4.79 Å². The van der Waals surface area contributed by atoms with E-state index in [0.29, 0.717) is 30.3 Å². The average Bonchev–Trinajstić information content (AvgIpc) is 2.31. The van der Waals surface area contributed by atoms with E-state index in [0.717, 1.165) is 5.69 Å². The van der Waals surface area contributed by atoms with Gasteiger partial charge in [-0.1, -0.05) is 0 Å². The predicted octanol–water partition coefficient (Wildman–Crippen LogP) is 0.658. The lowest BCUT2D eigenvalue weighted by Gasteiger charge is -2.20. The lowest BCUT2D eigenvalue weighted by molar-refractivity contribution is -0.118. The Morgan fingerprint density at radius 3 is 3.18 bits per heavy atom. The van der Waals surface area contributed by atoms with E-state index in [-0.39, 0.29) is 12.5 Å². The molecule has 4 N–H and O–H groups in total. The third-order valence-electron chi connectivity index (χ3n) is 2.41. The van der Waals surface area contributed by atoms with Crippen LogP contribution in [0.25, 0.3) is 0 Å². The summed E-state index contributed by atoms with van der Waals surface area (Å²) in [6, 6.07) is 3.46. The number of hydrogen-bond acceptors (Lipinski definition) is 5. The standard InChI is InChI=1S/C11H15N3O3/c1-16-3-2-13-8-5-9-10(4-7(8)12)17-6-11(15)14-9/h4-5,13H,2-3,6,12H2,1H3,(H,14,15). The molecule has 0 saturated heterocycles. The fraction of sp³-hybridized carbons (Fsp3) is 0.364. The van der Waals surface area contributed by atoms with Gasteiger partial charge in [0, 0.05) is 19.7 Å². The van der Waals surface area contributed by atoms with Gasteiger partial charge < -0.3 is 25.8 Å². The normalized spacial score (nSPS) is 13.6. The summed E-state index contributed by atoms with van der Waals surface area (Å²) < 4.78 is 10.2. The molecular formula is C11H15N3O3. The molecule has 0 fully saturated rings. The second-order valence-electron chi connectivity index (χ2n) is 3.69. The fourth-order valence-electron chi connectivity index (χ4n) is 1.58. The highest BCUT2D eigenvalue weighted by Crippen LogP contribution is 2.34. The van der Waals surface area contributed by atoms with Crippen molar-refractivity contribution >= 4 is 23.0 Å². The van der Waals surface area contributed by atoms with Crippen LogP contribution in [0.15, 0.2) is 12.1 Å². The van der Waals surface area contributed by atoms with Crippen molar-refractivity contribution in [1.29, 1.82) is 0 Å². The van der Waals surface area contributed by atoms with Gasteiger partial charge in [0.2, 0.25) is 0 Å². The second kappa shape index (κ2) is 4.92. The van der Waals surface area contributed by atoms with Crippen LogP contribution in [-0.2, 0) is 9.53 Å². The molecule has 0 spiro atoms. The number of nitrogens with one attached hydrogen (secondary N) is 2. The van der Waals surface area contributed by atoms with Crippen LogP contribution in [-0.4, -0.2) is 32.8 Å². The zero-order valence-corrected chi connectivity index (χ0v) is 9.58. The highest BCUT2D eigenvalue weighted by Gasteiger charge is 2.17. The van der Waals surface area contributed by atoms with Gasteiger partial charge in [-0.25, -0.2) is 0 Å². The maximum atomic E-state index is 11.2. The Labute approximate surface area is 99.1 Å². The maximum absolute atomic E-state index is 11.2. The SMILES string of the molecule is COCCNc1cc2c(cc1N)OCC(=O)N2. The molecular weight excluding hydrogens is 222 g/mol. The van der Waals surface area contributed by atoms with Crippen molar-refractivity contribution in [3.05, 3.63) is 12.1 Å². The van der Waals surface area contributed by atoms with Crippen LogP contribution >= 0.6 is 0 Å². The van der Waals surface area contributed by atoms with Crippen LogP contribution in [0.4, 0.5) is 17.1 Å². The van der Waals surface area contributed by atoms with Crippen molar-refractivity contribution in [1.82, 2.24) is 0 Å². The molecule has 0 aromatic heterocycles. The van der Waals surface area contributed by atoms with E-state index >= 15 is 0 Å². The first-order chi connectivity index (χ1) is 8.20. The zero-order chi connectivity index (χ0) is 12.3. The van der Waals surface area contributed by atoms with E-state index in [1.165, 1.54) is 0 Å². The molecule has 0 bridgehead atoms. The van der Waals surface area contributed by atoms with Crippen molar-refractivity contribution in [2.24, 2.45) is 0 Å². The smallest absolute Gasteiger partial charge is 0.262 e. The topological polar surface area (TPSA) is 85.6 Å².